The zero-order chi connectivity index (χ0) is 8.06. The number of quaternary nitrogens is 1. The maximum Gasteiger partial charge on any atom is 0.0915 e. The Bertz CT molecular complexity index is 157. The molecule has 3 unspecified atom stereocenters. The van der Waals surface area contributed by atoms with Crippen LogP contribution in [0.3, 0.4) is 0 Å². The third-order valence-electron chi connectivity index (χ3n) is 3.70. The van der Waals surface area contributed by atoms with Crippen LogP contribution in [0.1, 0.15) is 25.7 Å². The second-order valence-electron chi connectivity index (χ2n) is 5.36. The third kappa shape index (κ3) is 1.20. The van der Waals surface area contributed by atoms with Gasteiger partial charge in [-0.05, 0) is 25.2 Å². The first-order chi connectivity index (χ1) is 5.07. The Kier molecular flexibility index (Phi) is 1.54. The second-order valence-corrected chi connectivity index (χ2v) is 5.36. The predicted molar refractivity (Wildman–Crippen MR) is 47.3 cm³/mol. The van der Waals surface area contributed by atoms with Gasteiger partial charge in [-0.25, -0.2) is 0 Å². The molecule has 2 aliphatic carbocycles. The smallest absolute Gasteiger partial charge is 0.0915 e. The van der Waals surface area contributed by atoms with Gasteiger partial charge in [-0.3, -0.25) is 0 Å². The number of nitrogens with zero attached hydrogens (tertiary/aromatic N) is 1. The Balaban J connectivity index is 2.08. The largest absolute Gasteiger partial charge is 0.328 e. The monoisotopic (exact) mass is 154 g/mol. The third-order valence-corrected chi connectivity index (χ3v) is 3.70. The van der Waals surface area contributed by atoms with Crippen LogP contribution >= 0.6 is 0 Å². The van der Waals surface area contributed by atoms with Crippen molar-refractivity contribution >= 4 is 0 Å². The number of hydrogen-bond donors (Lipinski definition) is 0. The SMILES string of the molecule is C[N+](C)(C)C1CC2CCC1C2. The highest BCUT2D eigenvalue weighted by Crippen LogP contribution is 2.47. The van der Waals surface area contributed by atoms with Crippen LogP contribution in [-0.2, 0) is 0 Å². The predicted octanol–water partition coefficient (Wildman–Crippen LogP) is 1.88. The van der Waals surface area contributed by atoms with E-state index in [2.05, 4.69) is 21.1 Å². The summed E-state index contributed by atoms with van der Waals surface area (Å²) in [5, 5.41) is 0. The molecule has 0 aromatic heterocycles. The molecule has 0 saturated heterocycles. The quantitative estimate of drug-likeness (QED) is 0.506. The molecule has 64 valence electrons. The fourth-order valence-corrected chi connectivity index (χ4v) is 3.16. The van der Waals surface area contributed by atoms with Crippen molar-refractivity contribution in [3.63, 3.8) is 0 Å². The van der Waals surface area contributed by atoms with Gasteiger partial charge in [-0.2, -0.15) is 0 Å². The summed E-state index contributed by atoms with van der Waals surface area (Å²) in [5.74, 6) is 2.17. The van der Waals surface area contributed by atoms with Crippen LogP contribution in [0.15, 0.2) is 0 Å². The number of hydrogen-bond acceptors (Lipinski definition) is 0. The van der Waals surface area contributed by atoms with Gasteiger partial charge < -0.3 is 4.48 Å². The van der Waals surface area contributed by atoms with Gasteiger partial charge in [0, 0.05) is 12.3 Å². The van der Waals surface area contributed by atoms with Gasteiger partial charge in [0.2, 0.25) is 0 Å². The van der Waals surface area contributed by atoms with E-state index < -0.39 is 0 Å². The van der Waals surface area contributed by atoms with E-state index >= 15 is 0 Å². The lowest BCUT2D eigenvalue weighted by Crippen LogP contribution is -2.47. The minimum Gasteiger partial charge on any atom is -0.328 e. The number of rotatable bonds is 1. The molecule has 11 heavy (non-hydrogen) atoms. The number of fused-ring (bicyclic) bond motifs is 2. The van der Waals surface area contributed by atoms with Crippen LogP contribution in [0.5, 0.6) is 0 Å². The zero-order valence-electron chi connectivity index (χ0n) is 8.01. The van der Waals surface area contributed by atoms with Crippen molar-refractivity contribution < 1.29 is 4.48 Å². The van der Waals surface area contributed by atoms with Gasteiger partial charge in [0.05, 0.1) is 27.2 Å². The molecule has 2 fully saturated rings. The minimum absolute atomic E-state index is 0.980. The van der Waals surface area contributed by atoms with Crippen molar-refractivity contribution in [1.29, 1.82) is 0 Å². The maximum absolute atomic E-state index is 2.35. The van der Waals surface area contributed by atoms with Gasteiger partial charge in [0.15, 0.2) is 0 Å². The first kappa shape index (κ1) is 7.60. The molecule has 0 aromatic rings. The van der Waals surface area contributed by atoms with E-state index in [0.717, 1.165) is 17.9 Å². The highest BCUT2D eigenvalue weighted by Gasteiger charge is 2.45. The standard InChI is InChI=1S/C10H20N/c1-11(2,3)10-7-8-4-5-9(10)6-8/h8-10H,4-7H2,1-3H3/q+1. The summed E-state index contributed by atoms with van der Waals surface area (Å²) in [7, 11) is 7.06. The Labute approximate surface area is 70.0 Å². The highest BCUT2D eigenvalue weighted by molar-refractivity contribution is 4.90. The molecule has 2 rings (SSSR count). The summed E-state index contributed by atoms with van der Waals surface area (Å²) in [6.07, 6.45) is 6.10. The van der Waals surface area contributed by atoms with Crippen molar-refractivity contribution in [2.24, 2.45) is 11.8 Å². The minimum atomic E-state index is 0.980. The average molecular weight is 154 g/mol. The molecule has 0 aromatic carbocycles. The molecule has 2 saturated carbocycles. The zero-order valence-corrected chi connectivity index (χ0v) is 8.01. The summed E-state index contributed by atoms with van der Waals surface area (Å²) in [6, 6.07) is 0.980. The molecule has 0 spiro atoms. The van der Waals surface area contributed by atoms with E-state index in [1.54, 1.807) is 6.42 Å². The molecule has 3 atom stereocenters. The average Bonchev–Trinajstić information content (AvgIpc) is 2.42. The van der Waals surface area contributed by atoms with E-state index in [1.165, 1.54) is 23.7 Å². The van der Waals surface area contributed by atoms with Crippen LogP contribution in [0.25, 0.3) is 0 Å². The van der Waals surface area contributed by atoms with Gasteiger partial charge in [-0.15, -0.1) is 0 Å². The van der Waals surface area contributed by atoms with E-state index in [9.17, 15) is 0 Å². The summed E-state index contributed by atoms with van der Waals surface area (Å²) in [4.78, 5) is 0. The van der Waals surface area contributed by atoms with Crippen LogP contribution < -0.4 is 0 Å². The molecule has 0 heterocycles. The van der Waals surface area contributed by atoms with Crippen molar-refractivity contribution in [2.75, 3.05) is 21.1 Å². The molecular formula is C10H20N+. The fourth-order valence-electron chi connectivity index (χ4n) is 3.16. The first-order valence-electron chi connectivity index (χ1n) is 4.88. The lowest BCUT2D eigenvalue weighted by molar-refractivity contribution is -0.899. The first-order valence-corrected chi connectivity index (χ1v) is 4.88. The van der Waals surface area contributed by atoms with Crippen LogP contribution in [0.4, 0.5) is 0 Å². The van der Waals surface area contributed by atoms with Gasteiger partial charge in [-0.1, -0.05) is 0 Å². The lowest BCUT2D eigenvalue weighted by Gasteiger charge is -2.36. The Hall–Kier alpha value is -0.0400. The lowest BCUT2D eigenvalue weighted by atomic mass is 9.93. The van der Waals surface area contributed by atoms with Gasteiger partial charge in [0.25, 0.3) is 0 Å². The van der Waals surface area contributed by atoms with Crippen molar-refractivity contribution in [3.05, 3.63) is 0 Å². The summed E-state index contributed by atoms with van der Waals surface area (Å²) < 4.78 is 1.20. The molecule has 2 bridgehead atoms. The van der Waals surface area contributed by atoms with E-state index in [-0.39, 0.29) is 0 Å². The Morgan fingerprint density at radius 2 is 1.73 bits per heavy atom. The summed E-state index contributed by atoms with van der Waals surface area (Å²) >= 11 is 0. The Morgan fingerprint density at radius 3 is 2.00 bits per heavy atom. The van der Waals surface area contributed by atoms with Crippen molar-refractivity contribution in [2.45, 2.75) is 31.7 Å². The molecule has 0 radical (unpaired) electrons. The van der Waals surface area contributed by atoms with Crippen LogP contribution in [-0.4, -0.2) is 31.7 Å². The molecule has 0 N–H and O–H groups in total. The van der Waals surface area contributed by atoms with Crippen LogP contribution in [0, 0.1) is 11.8 Å². The second kappa shape index (κ2) is 2.22. The van der Waals surface area contributed by atoms with E-state index in [0.29, 0.717) is 0 Å². The molecule has 2 aliphatic rings. The Morgan fingerprint density at radius 1 is 1.00 bits per heavy atom. The van der Waals surface area contributed by atoms with Crippen molar-refractivity contribution in [1.82, 2.24) is 0 Å². The molecule has 1 nitrogen and oxygen atoms in total. The van der Waals surface area contributed by atoms with Gasteiger partial charge in [0.1, 0.15) is 0 Å². The van der Waals surface area contributed by atoms with Crippen LogP contribution in [0.2, 0.25) is 0 Å². The molecular weight excluding hydrogens is 134 g/mol. The maximum atomic E-state index is 2.35. The molecule has 0 amide bonds. The molecule has 1 heteroatoms. The van der Waals surface area contributed by atoms with Gasteiger partial charge >= 0.3 is 0 Å². The molecule has 0 aliphatic heterocycles. The topological polar surface area (TPSA) is 0 Å². The van der Waals surface area contributed by atoms with E-state index in [1.807, 2.05) is 0 Å². The van der Waals surface area contributed by atoms with Crippen molar-refractivity contribution in [3.8, 4) is 0 Å². The fraction of sp³-hybridized carbons (Fsp3) is 1.00. The normalized spacial score (nSPS) is 43.4. The highest BCUT2D eigenvalue weighted by atomic mass is 15.3. The van der Waals surface area contributed by atoms with E-state index in [4.69, 9.17) is 0 Å². The summed E-state index contributed by atoms with van der Waals surface area (Å²) in [6.45, 7) is 0. The summed E-state index contributed by atoms with van der Waals surface area (Å²) in [5.41, 5.74) is 0.